The monoisotopic (exact) mass is 316 g/mol. The lowest BCUT2D eigenvalue weighted by Gasteiger charge is -2.24. The number of rotatable bonds is 5. The summed E-state index contributed by atoms with van der Waals surface area (Å²) >= 11 is 0. The molecule has 0 fully saturated rings. The molecule has 0 bridgehead atoms. The van der Waals surface area contributed by atoms with Crippen LogP contribution in [0.25, 0.3) is 0 Å². The molecule has 1 N–H and O–H groups in total. The zero-order chi connectivity index (χ0) is 16.3. The van der Waals surface area contributed by atoms with Crippen molar-refractivity contribution >= 4 is 0 Å². The maximum absolute atomic E-state index is 12.1. The third-order valence-corrected chi connectivity index (χ3v) is 2.81. The largest absolute Gasteiger partial charge is 0.573 e. The molecule has 0 spiro atoms. The van der Waals surface area contributed by atoms with Gasteiger partial charge in [-0.25, -0.2) is 0 Å². The molecule has 120 valence electrons. The second-order valence-corrected chi connectivity index (χ2v) is 4.82. The Kier molecular flexibility index (Phi) is 5.14. The van der Waals surface area contributed by atoms with Crippen LogP contribution in [0.5, 0.6) is 5.75 Å². The molecule has 21 heavy (non-hydrogen) atoms. The second-order valence-electron chi connectivity index (χ2n) is 4.82. The number of alkyl halides is 6. The predicted molar refractivity (Wildman–Crippen MR) is 62.6 cm³/mol. The van der Waals surface area contributed by atoms with Gasteiger partial charge in [-0.3, -0.25) is 0 Å². The lowest BCUT2D eigenvalue weighted by molar-refractivity contribution is -0.274. The Morgan fingerprint density at radius 1 is 1.05 bits per heavy atom. The summed E-state index contributed by atoms with van der Waals surface area (Å²) in [6, 6.07) is 4.56. The van der Waals surface area contributed by atoms with E-state index in [2.05, 4.69) is 4.74 Å². The SMILES string of the molecule is CC(O)(CCCC(F)(F)F)c1cccc(OC(F)(F)F)c1. The molecule has 0 aliphatic heterocycles. The highest BCUT2D eigenvalue weighted by Crippen LogP contribution is 2.33. The zero-order valence-electron chi connectivity index (χ0n) is 11.1. The van der Waals surface area contributed by atoms with E-state index in [4.69, 9.17) is 0 Å². The Balaban J connectivity index is 2.76. The van der Waals surface area contributed by atoms with Crippen molar-refractivity contribution in [1.29, 1.82) is 0 Å². The summed E-state index contributed by atoms with van der Waals surface area (Å²) in [4.78, 5) is 0. The molecule has 0 heterocycles. The van der Waals surface area contributed by atoms with Gasteiger partial charge in [0.15, 0.2) is 0 Å². The number of hydrogen-bond acceptors (Lipinski definition) is 2. The average molecular weight is 316 g/mol. The van der Waals surface area contributed by atoms with Crippen LogP contribution in [0, 0.1) is 0 Å². The standard InChI is InChI=1S/C13H14F6O2/c1-11(20,6-3-7-12(14,15)16)9-4-2-5-10(8-9)21-13(17,18)19/h2,4-5,8,20H,3,6-7H2,1H3. The molecule has 0 aromatic heterocycles. The molecule has 0 amide bonds. The van der Waals surface area contributed by atoms with Crippen LogP contribution in [0.1, 0.15) is 31.7 Å². The molecule has 0 saturated heterocycles. The third kappa shape index (κ3) is 6.70. The fourth-order valence-corrected chi connectivity index (χ4v) is 1.81. The normalized spacial score (nSPS) is 15.6. The van der Waals surface area contributed by atoms with Crippen molar-refractivity contribution in [1.82, 2.24) is 0 Å². The van der Waals surface area contributed by atoms with Gasteiger partial charge < -0.3 is 9.84 Å². The highest BCUT2D eigenvalue weighted by molar-refractivity contribution is 5.32. The molecule has 1 aromatic rings. The van der Waals surface area contributed by atoms with Gasteiger partial charge in [-0.15, -0.1) is 13.2 Å². The van der Waals surface area contributed by atoms with E-state index in [1.54, 1.807) is 0 Å². The lowest BCUT2D eigenvalue weighted by Crippen LogP contribution is -2.23. The highest BCUT2D eigenvalue weighted by atomic mass is 19.4. The third-order valence-electron chi connectivity index (χ3n) is 2.81. The van der Waals surface area contributed by atoms with Crippen LogP contribution in [0.15, 0.2) is 24.3 Å². The average Bonchev–Trinajstić information content (AvgIpc) is 2.24. The summed E-state index contributed by atoms with van der Waals surface area (Å²) in [6.07, 6.45) is -10.8. The van der Waals surface area contributed by atoms with E-state index in [1.807, 2.05) is 0 Å². The Morgan fingerprint density at radius 2 is 1.67 bits per heavy atom. The number of aliphatic hydroxyl groups is 1. The molecule has 0 aliphatic rings. The minimum absolute atomic E-state index is 0.0615. The topological polar surface area (TPSA) is 29.5 Å². The summed E-state index contributed by atoms with van der Waals surface area (Å²) < 4.78 is 76.2. The predicted octanol–water partition coefficient (Wildman–Crippen LogP) is 4.53. The molecule has 1 atom stereocenters. The van der Waals surface area contributed by atoms with E-state index in [1.165, 1.54) is 19.1 Å². The van der Waals surface area contributed by atoms with Crippen LogP contribution in [-0.2, 0) is 5.60 Å². The van der Waals surface area contributed by atoms with E-state index in [9.17, 15) is 31.4 Å². The maximum atomic E-state index is 12.1. The van der Waals surface area contributed by atoms with E-state index < -0.39 is 30.3 Å². The van der Waals surface area contributed by atoms with Crippen molar-refractivity contribution in [2.45, 2.75) is 44.3 Å². The van der Waals surface area contributed by atoms with Crippen molar-refractivity contribution in [2.24, 2.45) is 0 Å². The molecular weight excluding hydrogens is 302 g/mol. The van der Waals surface area contributed by atoms with Gasteiger partial charge in [-0.2, -0.15) is 13.2 Å². The molecule has 1 aromatic carbocycles. The fourth-order valence-electron chi connectivity index (χ4n) is 1.81. The van der Waals surface area contributed by atoms with Gasteiger partial charge >= 0.3 is 12.5 Å². The number of benzene rings is 1. The number of hydrogen-bond donors (Lipinski definition) is 1. The molecule has 1 unspecified atom stereocenters. The Bertz CT molecular complexity index is 464. The van der Waals surface area contributed by atoms with Gasteiger partial charge in [0.1, 0.15) is 5.75 Å². The molecule has 0 radical (unpaired) electrons. The van der Waals surface area contributed by atoms with Gasteiger partial charge in [0.05, 0.1) is 5.60 Å². The van der Waals surface area contributed by atoms with Gasteiger partial charge in [-0.1, -0.05) is 12.1 Å². The van der Waals surface area contributed by atoms with Crippen molar-refractivity contribution in [2.75, 3.05) is 0 Å². The zero-order valence-corrected chi connectivity index (χ0v) is 11.1. The molecule has 0 aliphatic carbocycles. The summed E-state index contributed by atoms with van der Waals surface area (Å²) in [5.41, 5.74) is -1.61. The fraction of sp³-hybridized carbons (Fsp3) is 0.538. The first-order valence-corrected chi connectivity index (χ1v) is 6.04. The minimum atomic E-state index is -4.87. The summed E-state index contributed by atoms with van der Waals surface area (Å²) in [5, 5.41) is 10.1. The van der Waals surface area contributed by atoms with Crippen molar-refractivity contribution in [3.63, 3.8) is 0 Å². The van der Waals surface area contributed by atoms with Gasteiger partial charge in [0.2, 0.25) is 0 Å². The Morgan fingerprint density at radius 3 is 2.19 bits per heavy atom. The lowest BCUT2D eigenvalue weighted by atomic mass is 9.90. The van der Waals surface area contributed by atoms with Crippen LogP contribution < -0.4 is 4.74 Å². The van der Waals surface area contributed by atoms with Crippen LogP contribution in [0.4, 0.5) is 26.3 Å². The van der Waals surface area contributed by atoms with E-state index in [-0.39, 0.29) is 18.4 Å². The molecule has 0 saturated carbocycles. The number of halogens is 6. The molecular formula is C13H14F6O2. The summed E-state index contributed by atoms with van der Waals surface area (Å²) in [7, 11) is 0. The maximum Gasteiger partial charge on any atom is 0.573 e. The van der Waals surface area contributed by atoms with Crippen molar-refractivity contribution in [3.8, 4) is 5.75 Å². The first-order chi connectivity index (χ1) is 9.39. The van der Waals surface area contributed by atoms with Crippen LogP contribution in [-0.4, -0.2) is 17.6 Å². The van der Waals surface area contributed by atoms with Crippen LogP contribution in [0.3, 0.4) is 0 Å². The van der Waals surface area contributed by atoms with E-state index in [0.717, 1.165) is 12.1 Å². The summed E-state index contributed by atoms with van der Waals surface area (Å²) in [5.74, 6) is -0.531. The molecule has 1 rings (SSSR count). The van der Waals surface area contributed by atoms with Crippen LogP contribution in [0.2, 0.25) is 0 Å². The molecule has 2 nitrogen and oxygen atoms in total. The Hall–Kier alpha value is -1.44. The summed E-state index contributed by atoms with van der Waals surface area (Å²) in [6.45, 7) is 1.25. The number of ether oxygens (including phenoxy) is 1. The minimum Gasteiger partial charge on any atom is -0.406 e. The van der Waals surface area contributed by atoms with Gasteiger partial charge in [0, 0.05) is 6.42 Å². The quantitative estimate of drug-likeness (QED) is 0.809. The van der Waals surface area contributed by atoms with Crippen LogP contribution >= 0.6 is 0 Å². The van der Waals surface area contributed by atoms with E-state index in [0.29, 0.717) is 0 Å². The van der Waals surface area contributed by atoms with Crippen molar-refractivity contribution in [3.05, 3.63) is 29.8 Å². The van der Waals surface area contributed by atoms with Crippen molar-refractivity contribution < 1.29 is 36.2 Å². The first-order valence-electron chi connectivity index (χ1n) is 6.04. The Labute approximate surface area is 117 Å². The van der Waals surface area contributed by atoms with E-state index >= 15 is 0 Å². The highest BCUT2D eigenvalue weighted by Gasteiger charge is 2.33. The molecule has 8 heteroatoms. The van der Waals surface area contributed by atoms with Gasteiger partial charge in [0.25, 0.3) is 0 Å². The second kappa shape index (κ2) is 6.13. The smallest absolute Gasteiger partial charge is 0.406 e. The first kappa shape index (κ1) is 17.6. The van der Waals surface area contributed by atoms with Gasteiger partial charge in [-0.05, 0) is 37.5 Å².